The summed E-state index contributed by atoms with van der Waals surface area (Å²) in [4.78, 5) is 20.2. The number of nitrogens with one attached hydrogen (secondary N) is 2. The zero-order valence-electron chi connectivity index (χ0n) is 10.7. The number of carbonyl (C=O) groups is 1. The Hall–Kier alpha value is -1.66. The first-order valence-electron chi connectivity index (χ1n) is 5.92. The van der Waals surface area contributed by atoms with Gasteiger partial charge in [0, 0.05) is 16.7 Å². The van der Waals surface area contributed by atoms with Crippen LogP contribution in [0.4, 0.5) is 11.5 Å². The van der Waals surface area contributed by atoms with Crippen molar-refractivity contribution in [2.45, 2.75) is 6.92 Å². The maximum Gasteiger partial charge on any atom is 0.275 e. The summed E-state index contributed by atoms with van der Waals surface area (Å²) >= 11 is 9.20. The summed E-state index contributed by atoms with van der Waals surface area (Å²) in [6.07, 6.45) is 2.99. The third-order valence-corrected chi connectivity index (χ3v) is 3.62. The third kappa shape index (κ3) is 3.68. The lowest BCUT2D eigenvalue weighted by Gasteiger charge is -2.07. The van der Waals surface area contributed by atoms with Crippen molar-refractivity contribution in [1.82, 2.24) is 9.97 Å². The van der Waals surface area contributed by atoms with E-state index in [1.54, 1.807) is 24.4 Å². The van der Waals surface area contributed by atoms with Crippen molar-refractivity contribution in [3.63, 3.8) is 0 Å². The summed E-state index contributed by atoms with van der Waals surface area (Å²) in [6.45, 7) is 2.66. The zero-order valence-corrected chi connectivity index (χ0v) is 13.0. The van der Waals surface area contributed by atoms with Gasteiger partial charge in [0.15, 0.2) is 0 Å². The highest BCUT2D eigenvalue weighted by atomic mass is 79.9. The van der Waals surface area contributed by atoms with Crippen LogP contribution in [0.25, 0.3) is 0 Å². The second-order valence-electron chi connectivity index (χ2n) is 3.90. The molecule has 2 aromatic rings. The van der Waals surface area contributed by atoms with E-state index in [-0.39, 0.29) is 11.6 Å². The maximum absolute atomic E-state index is 12.1. The number of hydrogen-bond acceptors (Lipinski definition) is 4. The summed E-state index contributed by atoms with van der Waals surface area (Å²) < 4.78 is 0.712. The number of hydrogen-bond donors (Lipinski definition) is 2. The highest BCUT2D eigenvalue weighted by Crippen LogP contribution is 2.25. The van der Waals surface area contributed by atoms with E-state index in [0.717, 1.165) is 0 Å². The summed E-state index contributed by atoms with van der Waals surface area (Å²) in [5.41, 5.74) is 0.872. The predicted octanol–water partition coefficient (Wildman–Crippen LogP) is 3.58. The smallest absolute Gasteiger partial charge is 0.275 e. The number of halogens is 2. The quantitative estimate of drug-likeness (QED) is 0.880. The van der Waals surface area contributed by atoms with E-state index in [4.69, 9.17) is 11.6 Å². The van der Waals surface area contributed by atoms with Crippen molar-refractivity contribution in [2.24, 2.45) is 0 Å². The molecule has 1 heterocycles. The van der Waals surface area contributed by atoms with Gasteiger partial charge in [0.2, 0.25) is 0 Å². The molecule has 0 aliphatic rings. The standard InChI is InChI=1S/C13H12BrClN4O/c1-2-17-12-7-16-6-11(19-12)13(20)18-8-3-4-10(15)9(14)5-8/h3-7H,2H2,1H3,(H,17,19)(H,18,20). The van der Waals surface area contributed by atoms with Gasteiger partial charge in [-0.3, -0.25) is 9.78 Å². The number of nitrogens with zero attached hydrogens (tertiary/aromatic N) is 2. The van der Waals surface area contributed by atoms with Gasteiger partial charge in [-0.15, -0.1) is 0 Å². The molecule has 2 N–H and O–H groups in total. The molecule has 104 valence electrons. The van der Waals surface area contributed by atoms with E-state index in [1.165, 1.54) is 6.20 Å². The molecular weight excluding hydrogens is 344 g/mol. The average Bonchev–Trinajstić information content (AvgIpc) is 2.43. The molecular formula is C13H12BrClN4O. The number of aromatic nitrogens is 2. The molecule has 0 aliphatic heterocycles. The summed E-state index contributed by atoms with van der Waals surface area (Å²) in [6, 6.07) is 5.14. The normalized spacial score (nSPS) is 10.2. The van der Waals surface area contributed by atoms with Crippen LogP contribution in [0, 0.1) is 0 Å². The number of anilines is 2. The fourth-order valence-electron chi connectivity index (χ4n) is 1.51. The highest BCUT2D eigenvalue weighted by Gasteiger charge is 2.10. The van der Waals surface area contributed by atoms with E-state index < -0.39 is 0 Å². The number of benzene rings is 1. The van der Waals surface area contributed by atoms with Crippen LogP contribution in [0.1, 0.15) is 17.4 Å². The first kappa shape index (κ1) is 14.7. The molecule has 0 radical (unpaired) electrons. The Balaban J connectivity index is 2.15. The van der Waals surface area contributed by atoms with Crippen LogP contribution in [-0.4, -0.2) is 22.4 Å². The topological polar surface area (TPSA) is 66.9 Å². The Kier molecular flexibility index (Phi) is 4.92. The van der Waals surface area contributed by atoms with Crippen molar-refractivity contribution >= 4 is 44.9 Å². The second kappa shape index (κ2) is 6.67. The number of rotatable bonds is 4. The zero-order chi connectivity index (χ0) is 14.5. The Bertz CT molecular complexity index is 636. The lowest BCUT2D eigenvalue weighted by molar-refractivity contribution is 0.102. The van der Waals surface area contributed by atoms with Crippen molar-refractivity contribution < 1.29 is 4.79 Å². The van der Waals surface area contributed by atoms with Gasteiger partial charge >= 0.3 is 0 Å². The van der Waals surface area contributed by atoms with Crippen molar-refractivity contribution in [3.8, 4) is 0 Å². The largest absolute Gasteiger partial charge is 0.369 e. The Morgan fingerprint density at radius 2 is 2.20 bits per heavy atom. The molecule has 1 aromatic carbocycles. The molecule has 1 aromatic heterocycles. The lowest BCUT2D eigenvalue weighted by Crippen LogP contribution is -2.15. The SMILES string of the molecule is CCNc1cncc(C(=O)Nc2ccc(Cl)c(Br)c2)n1. The highest BCUT2D eigenvalue weighted by molar-refractivity contribution is 9.10. The molecule has 7 heteroatoms. The lowest BCUT2D eigenvalue weighted by atomic mass is 10.3. The average molecular weight is 356 g/mol. The molecule has 0 bridgehead atoms. The third-order valence-electron chi connectivity index (χ3n) is 2.40. The molecule has 0 saturated heterocycles. The van der Waals surface area contributed by atoms with Crippen molar-refractivity contribution in [1.29, 1.82) is 0 Å². The van der Waals surface area contributed by atoms with Gasteiger partial charge in [-0.25, -0.2) is 4.98 Å². The molecule has 0 aliphatic carbocycles. The van der Waals surface area contributed by atoms with E-state index in [0.29, 0.717) is 27.5 Å². The van der Waals surface area contributed by atoms with Gasteiger partial charge in [0.05, 0.1) is 17.4 Å². The van der Waals surface area contributed by atoms with Gasteiger partial charge in [0.25, 0.3) is 5.91 Å². The first-order valence-corrected chi connectivity index (χ1v) is 7.09. The van der Waals surface area contributed by atoms with Crippen LogP contribution in [0.15, 0.2) is 35.1 Å². The first-order chi connectivity index (χ1) is 9.60. The molecule has 2 rings (SSSR count). The molecule has 0 spiro atoms. The monoisotopic (exact) mass is 354 g/mol. The summed E-state index contributed by atoms with van der Waals surface area (Å²) in [5.74, 6) is 0.240. The Labute approximate surface area is 129 Å². The summed E-state index contributed by atoms with van der Waals surface area (Å²) in [7, 11) is 0. The van der Waals surface area contributed by atoms with E-state index in [2.05, 4.69) is 36.5 Å². The Morgan fingerprint density at radius 3 is 2.90 bits per heavy atom. The van der Waals surface area contributed by atoms with Crippen LogP contribution in [0.5, 0.6) is 0 Å². The summed E-state index contributed by atoms with van der Waals surface area (Å²) in [5, 5.41) is 6.32. The maximum atomic E-state index is 12.1. The van der Waals surface area contributed by atoms with Crippen LogP contribution in [-0.2, 0) is 0 Å². The van der Waals surface area contributed by atoms with Crippen molar-refractivity contribution in [2.75, 3.05) is 17.2 Å². The molecule has 1 amide bonds. The minimum Gasteiger partial charge on any atom is -0.369 e. The molecule has 0 saturated carbocycles. The molecule has 20 heavy (non-hydrogen) atoms. The minimum absolute atomic E-state index is 0.245. The van der Waals surface area contributed by atoms with Gasteiger partial charge in [-0.1, -0.05) is 11.6 Å². The second-order valence-corrected chi connectivity index (χ2v) is 5.16. The predicted molar refractivity (Wildman–Crippen MR) is 83.3 cm³/mol. The van der Waals surface area contributed by atoms with Crippen molar-refractivity contribution in [3.05, 3.63) is 45.8 Å². The van der Waals surface area contributed by atoms with E-state index in [1.807, 2.05) is 6.92 Å². The van der Waals surface area contributed by atoms with E-state index >= 15 is 0 Å². The van der Waals surface area contributed by atoms with E-state index in [9.17, 15) is 4.79 Å². The Morgan fingerprint density at radius 1 is 1.40 bits per heavy atom. The number of carbonyl (C=O) groups excluding carboxylic acids is 1. The molecule has 0 unspecified atom stereocenters. The van der Waals surface area contributed by atoms with Gasteiger partial charge in [-0.05, 0) is 41.1 Å². The molecule has 5 nitrogen and oxygen atoms in total. The van der Waals surface area contributed by atoms with Crippen LogP contribution in [0.3, 0.4) is 0 Å². The molecule has 0 fully saturated rings. The van der Waals surface area contributed by atoms with Crippen LogP contribution < -0.4 is 10.6 Å². The fourth-order valence-corrected chi connectivity index (χ4v) is 2.01. The fraction of sp³-hybridized carbons (Fsp3) is 0.154. The molecule has 0 atom stereocenters. The van der Waals surface area contributed by atoms with Crippen LogP contribution >= 0.6 is 27.5 Å². The number of amides is 1. The van der Waals surface area contributed by atoms with Gasteiger partial charge in [-0.2, -0.15) is 0 Å². The van der Waals surface area contributed by atoms with Gasteiger partial charge < -0.3 is 10.6 Å². The minimum atomic E-state index is -0.327. The van der Waals surface area contributed by atoms with Gasteiger partial charge in [0.1, 0.15) is 11.5 Å². The van der Waals surface area contributed by atoms with Crippen LogP contribution in [0.2, 0.25) is 5.02 Å².